The number of hydrogen-bond donors (Lipinski definition) is 0. The fourth-order valence-corrected chi connectivity index (χ4v) is 4.18. The summed E-state index contributed by atoms with van der Waals surface area (Å²) in [5, 5.41) is 0. The summed E-state index contributed by atoms with van der Waals surface area (Å²) in [6.45, 7) is 8.74. The van der Waals surface area contributed by atoms with Crippen LogP contribution in [-0.4, -0.2) is 21.6 Å². The molecule has 1 aromatic carbocycles. The third-order valence-electron chi connectivity index (χ3n) is 5.64. The van der Waals surface area contributed by atoms with Gasteiger partial charge in [-0.15, -0.1) is 0 Å². The maximum absolute atomic E-state index is 13.5. The number of aromatic nitrogens is 2. The fraction of sp³-hybridized carbons (Fsp3) is 0.619. The predicted octanol–water partition coefficient (Wildman–Crippen LogP) is 4.74. The van der Waals surface area contributed by atoms with E-state index in [4.69, 9.17) is 4.74 Å². The van der Waals surface area contributed by atoms with Gasteiger partial charge in [0.05, 0.1) is 11.0 Å². The molecule has 3 atom stereocenters. The van der Waals surface area contributed by atoms with Crippen LogP contribution in [0.5, 0.6) is 0 Å². The Labute approximate surface area is 154 Å². The number of rotatable bonds is 5. The van der Waals surface area contributed by atoms with E-state index in [1.54, 1.807) is 6.07 Å². The number of carbonyl (C=O) groups excluding carboxylic acids is 1. The quantitative estimate of drug-likeness (QED) is 0.723. The number of esters is 1. The van der Waals surface area contributed by atoms with Crippen molar-refractivity contribution in [3.8, 4) is 0 Å². The smallest absolute Gasteiger partial charge is 0.326 e. The molecule has 1 heterocycles. The highest BCUT2D eigenvalue weighted by molar-refractivity contribution is 5.79. The number of ether oxygens (including phenoxy) is 1. The Morgan fingerprint density at radius 2 is 2.15 bits per heavy atom. The zero-order valence-corrected chi connectivity index (χ0v) is 16.2. The van der Waals surface area contributed by atoms with Gasteiger partial charge in [0.1, 0.15) is 24.3 Å². The number of aryl methyl sites for hydroxylation is 1. The molecule has 5 heteroatoms. The average molecular weight is 360 g/mol. The van der Waals surface area contributed by atoms with Crippen molar-refractivity contribution in [1.29, 1.82) is 0 Å². The van der Waals surface area contributed by atoms with E-state index in [9.17, 15) is 9.18 Å². The van der Waals surface area contributed by atoms with Gasteiger partial charge in [-0.3, -0.25) is 4.79 Å². The molecule has 0 amide bonds. The molecule has 1 aromatic heterocycles. The van der Waals surface area contributed by atoms with Gasteiger partial charge in [0.15, 0.2) is 0 Å². The van der Waals surface area contributed by atoms with E-state index in [1.807, 2.05) is 11.5 Å². The standard InChI is InChI=1S/C21H29FN2O2/c1-5-20-23-17-11-15(22)7-9-18(17)24(20)12-21(25)26-19-10-14(4)6-8-16(19)13(2)3/h7,9,11,13-14,16,19H,5-6,8,10,12H2,1-4H3/t14-,16?,19-/m1/s1. The first-order chi connectivity index (χ1) is 12.4. The molecule has 142 valence electrons. The van der Waals surface area contributed by atoms with E-state index < -0.39 is 0 Å². The minimum absolute atomic E-state index is 0.0106. The first-order valence-electron chi connectivity index (χ1n) is 9.73. The summed E-state index contributed by atoms with van der Waals surface area (Å²) >= 11 is 0. The first-order valence-corrected chi connectivity index (χ1v) is 9.73. The number of hydrogen-bond acceptors (Lipinski definition) is 3. The summed E-state index contributed by atoms with van der Waals surface area (Å²) in [6, 6.07) is 4.50. The van der Waals surface area contributed by atoms with Crippen LogP contribution in [0, 0.1) is 23.6 Å². The van der Waals surface area contributed by atoms with E-state index in [-0.39, 0.29) is 24.4 Å². The number of fused-ring (bicyclic) bond motifs is 1. The minimum atomic E-state index is -0.316. The second-order valence-corrected chi connectivity index (χ2v) is 7.96. The molecule has 4 nitrogen and oxygen atoms in total. The van der Waals surface area contributed by atoms with Crippen LogP contribution in [0.25, 0.3) is 11.0 Å². The molecule has 3 rings (SSSR count). The summed E-state index contributed by atoms with van der Waals surface area (Å²) in [7, 11) is 0. The van der Waals surface area contributed by atoms with Gasteiger partial charge < -0.3 is 9.30 Å². The van der Waals surface area contributed by atoms with E-state index in [1.165, 1.54) is 18.6 Å². The van der Waals surface area contributed by atoms with Gasteiger partial charge in [0.25, 0.3) is 0 Å². The second-order valence-electron chi connectivity index (χ2n) is 7.96. The lowest BCUT2D eigenvalue weighted by molar-refractivity contribution is -0.156. The first kappa shape index (κ1) is 18.9. The molecule has 0 radical (unpaired) electrons. The molecule has 26 heavy (non-hydrogen) atoms. The highest BCUT2D eigenvalue weighted by atomic mass is 19.1. The molecule has 1 aliphatic rings. The third-order valence-corrected chi connectivity index (χ3v) is 5.64. The molecule has 0 saturated heterocycles. The molecule has 1 fully saturated rings. The van der Waals surface area contributed by atoms with Crippen molar-refractivity contribution in [1.82, 2.24) is 9.55 Å². The van der Waals surface area contributed by atoms with Crippen LogP contribution in [0.1, 0.15) is 52.8 Å². The fourth-order valence-electron chi connectivity index (χ4n) is 4.18. The highest BCUT2D eigenvalue weighted by Gasteiger charge is 2.33. The van der Waals surface area contributed by atoms with Gasteiger partial charge in [0, 0.05) is 12.5 Å². The van der Waals surface area contributed by atoms with Gasteiger partial charge in [-0.2, -0.15) is 0 Å². The van der Waals surface area contributed by atoms with Crippen LogP contribution in [0.2, 0.25) is 0 Å². The van der Waals surface area contributed by atoms with Crippen molar-refractivity contribution in [2.24, 2.45) is 17.8 Å². The average Bonchev–Trinajstić information content (AvgIpc) is 2.91. The molecule has 1 aliphatic carbocycles. The normalized spacial score (nSPS) is 23.5. The summed E-state index contributed by atoms with van der Waals surface area (Å²) in [4.78, 5) is 17.1. The highest BCUT2D eigenvalue weighted by Crippen LogP contribution is 2.35. The van der Waals surface area contributed by atoms with Gasteiger partial charge in [-0.1, -0.05) is 34.1 Å². The van der Waals surface area contributed by atoms with E-state index >= 15 is 0 Å². The van der Waals surface area contributed by atoms with Gasteiger partial charge in [-0.25, -0.2) is 9.37 Å². The molecule has 1 unspecified atom stereocenters. The van der Waals surface area contributed by atoms with E-state index in [0.717, 1.165) is 24.2 Å². The Kier molecular flexibility index (Phi) is 5.64. The van der Waals surface area contributed by atoms with Crippen LogP contribution in [0.4, 0.5) is 4.39 Å². The topological polar surface area (TPSA) is 44.1 Å². The van der Waals surface area contributed by atoms with Gasteiger partial charge in [-0.05, 0) is 42.7 Å². The van der Waals surface area contributed by atoms with E-state index in [2.05, 4.69) is 25.8 Å². The number of carbonyl (C=O) groups is 1. The molecule has 0 aliphatic heterocycles. The summed E-state index contributed by atoms with van der Waals surface area (Å²) in [5.74, 6) is 1.75. The summed E-state index contributed by atoms with van der Waals surface area (Å²) in [5.41, 5.74) is 1.36. The van der Waals surface area contributed by atoms with Gasteiger partial charge >= 0.3 is 5.97 Å². The number of imidazole rings is 1. The zero-order chi connectivity index (χ0) is 18.8. The largest absolute Gasteiger partial charge is 0.461 e. The molecule has 2 aromatic rings. The summed E-state index contributed by atoms with van der Waals surface area (Å²) < 4.78 is 21.2. The van der Waals surface area contributed by atoms with Crippen molar-refractivity contribution in [3.63, 3.8) is 0 Å². The van der Waals surface area contributed by atoms with Crippen molar-refractivity contribution >= 4 is 17.0 Å². The van der Waals surface area contributed by atoms with Crippen LogP contribution in [-0.2, 0) is 22.5 Å². The van der Waals surface area contributed by atoms with Crippen LogP contribution in [0.3, 0.4) is 0 Å². The number of halogens is 1. The van der Waals surface area contributed by atoms with Crippen molar-refractivity contribution in [2.75, 3.05) is 0 Å². The lowest BCUT2D eigenvalue weighted by Gasteiger charge is -2.36. The summed E-state index contributed by atoms with van der Waals surface area (Å²) in [6.07, 6.45) is 3.92. The Morgan fingerprint density at radius 1 is 1.38 bits per heavy atom. The Hall–Kier alpha value is -1.91. The minimum Gasteiger partial charge on any atom is -0.461 e. The van der Waals surface area contributed by atoms with Crippen molar-refractivity contribution in [3.05, 3.63) is 29.8 Å². The number of benzene rings is 1. The SMILES string of the molecule is CCc1nc2cc(F)ccc2n1CC(=O)O[C@@H]1C[C@H](C)CCC1C(C)C. The van der Waals surface area contributed by atoms with Crippen LogP contribution < -0.4 is 0 Å². The van der Waals surface area contributed by atoms with Crippen molar-refractivity contribution < 1.29 is 13.9 Å². The molecular formula is C21H29FN2O2. The lowest BCUT2D eigenvalue weighted by atomic mass is 9.75. The van der Waals surface area contributed by atoms with Crippen molar-refractivity contribution in [2.45, 2.75) is 66.0 Å². The zero-order valence-electron chi connectivity index (χ0n) is 16.2. The molecule has 0 N–H and O–H groups in total. The maximum Gasteiger partial charge on any atom is 0.326 e. The lowest BCUT2D eigenvalue weighted by Crippen LogP contribution is -2.36. The van der Waals surface area contributed by atoms with Crippen LogP contribution >= 0.6 is 0 Å². The van der Waals surface area contributed by atoms with Gasteiger partial charge in [0.2, 0.25) is 0 Å². The third kappa shape index (κ3) is 3.92. The maximum atomic E-state index is 13.5. The Morgan fingerprint density at radius 3 is 2.85 bits per heavy atom. The van der Waals surface area contributed by atoms with E-state index in [0.29, 0.717) is 29.7 Å². The molecule has 0 bridgehead atoms. The predicted molar refractivity (Wildman–Crippen MR) is 100 cm³/mol. The number of nitrogens with zero attached hydrogens (tertiary/aromatic N) is 2. The molecular weight excluding hydrogens is 331 g/mol. The molecule has 0 spiro atoms. The Bertz CT molecular complexity index is 784. The Balaban J connectivity index is 1.78. The second kappa shape index (κ2) is 7.77. The van der Waals surface area contributed by atoms with Crippen LogP contribution in [0.15, 0.2) is 18.2 Å². The monoisotopic (exact) mass is 360 g/mol. The molecule has 1 saturated carbocycles.